The van der Waals surface area contributed by atoms with Gasteiger partial charge < -0.3 is 31.4 Å². The van der Waals surface area contributed by atoms with E-state index in [1.807, 2.05) is 30.3 Å². The molecule has 2 aromatic carbocycles. The van der Waals surface area contributed by atoms with E-state index in [0.29, 0.717) is 26.4 Å². The molecule has 0 spiro atoms. The lowest BCUT2D eigenvalue weighted by Gasteiger charge is -2.26. The third kappa shape index (κ3) is 6.47. The van der Waals surface area contributed by atoms with Crippen LogP contribution in [0.4, 0.5) is 5.13 Å². The SMILES string of the molecule is O=C(NN=Cc1sc(N2CCOCC2)nc1-c1ccccc1)c1cccc(S(=O)(=O)N2CCOCC2)c1.[Br-]. The number of hydrogen-bond donors (Lipinski definition) is 1. The van der Waals surface area contributed by atoms with Crippen LogP contribution in [0.15, 0.2) is 64.6 Å². The summed E-state index contributed by atoms with van der Waals surface area (Å²) in [4.78, 5) is 20.7. The molecule has 3 aromatic rings. The summed E-state index contributed by atoms with van der Waals surface area (Å²) in [6, 6.07) is 15.8. The predicted octanol–water partition coefficient (Wildman–Crippen LogP) is -0.564. The molecule has 0 saturated carbocycles. The van der Waals surface area contributed by atoms with Gasteiger partial charge in [-0.2, -0.15) is 9.41 Å². The van der Waals surface area contributed by atoms with Crippen molar-refractivity contribution in [3.8, 4) is 11.3 Å². The average Bonchev–Trinajstić information content (AvgIpc) is 3.39. The first-order chi connectivity index (χ1) is 18.0. The molecule has 2 fully saturated rings. The minimum absolute atomic E-state index is 0. The molecule has 3 heterocycles. The molecule has 0 atom stereocenters. The van der Waals surface area contributed by atoms with E-state index in [1.165, 1.54) is 27.8 Å². The number of carbonyl (C=O) groups is 1. The zero-order valence-electron chi connectivity index (χ0n) is 20.5. The largest absolute Gasteiger partial charge is 1.00 e. The Bertz CT molecular complexity index is 1370. The molecule has 10 nitrogen and oxygen atoms in total. The Morgan fingerprint density at radius 1 is 0.974 bits per heavy atom. The van der Waals surface area contributed by atoms with Crippen molar-refractivity contribution in [3.05, 3.63) is 65.0 Å². The number of ether oxygens (including phenoxy) is 2. The summed E-state index contributed by atoms with van der Waals surface area (Å²) in [6.07, 6.45) is 1.58. The first-order valence-electron chi connectivity index (χ1n) is 11.9. The highest BCUT2D eigenvalue weighted by molar-refractivity contribution is 7.89. The number of morpholine rings is 2. The van der Waals surface area contributed by atoms with Crippen LogP contribution in [0.5, 0.6) is 0 Å². The molecule has 38 heavy (non-hydrogen) atoms. The van der Waals surface area contributed by atoms with Gasteiger partial charge in [-0.05, 0) is 18.2 Å². The van der Waals surface area contributed by atoms with Gasteiger partial charge in [0.1, 0.15) is 0 Å². The summed E-state index contributed by atoms with van der Waals surface area (Å²) in [5, 5.41) is 5.04. The highest BCUT2D eigenvalue weighted by Gasteiger charge is 2.27. The van der Waals surface area contributed by atoms with Crippen molar-refractivity contribution in [2.24, 2.45) is 5.10 Å². The van der Waals surface area contributed by atoms with Gasteiger partial charge in [-0.3, -0.25) is 4.79 Å². The number of anilines is 1. The molecular weight excluding hydrogens is 594 g/mol. The number of hydrogen-bond acceptors (Lipinski definition) is 9. The molecule has 13 heteroatoms. The van der Waals surface area contributed by atoms with E-state index >= 15 is 0 Å². The van der Waals surface area contributed by atoms with Gasteiger partial charge in [0.05, 0.1) is 48.1 Å². The number of nitrogens with zero attached hydrogens (tertiary/aromatic N) is 4. The van der Waals surface area contributed by atoms with Crippen molar-refractivity contribution >= 4 is 38.6 Å². The topological polar surface area (TPSA) is 113 Å². The predicted molar refractivity (Wildman–Crippen MR) is 142 cm³/mol. The number of carbonyl (C=O) groups excluding carboxylic acids is 1. The van der Waals surface area contributed by atoms with Crippen molar-refractivity contribution in [1.82, 2.24) is 14.7 Å². The fraction of sp³-hybridized carbons (Fsp3) is 0.320. The first kappa shape index (κ1) is 28.3. The van der Waals surface area contributed by atoms with Gasteiger partial charge in [0.2, 0.25) is 10.0 Å². The molecule has 202 valence electrons. The van der Waals surface area contributed by atoms with Crippen molar-refractivity contribution in [2.75, 3.05) is 57.5 Å². The van der Waals surface area contributed by atoms with Crippen molar-refractivity contribution in [1.29, 1.82) is 0 Å². The molecule has 1 amide bonds. The van der Waals surface area contributed by atoms with Gasteiger partial charge in [-0.15, -0.1) is 0 Å². The van der Waals surface area contributed by atoms with Crippen LogP contribution in [0.2, 0.25) is 0 Å². The lowest BCUT2D eigenvalue weighted by molar-refractivity contribution is -0.0000191. The summed E-state index contributed by atoms with van der Waals surface area (Å²) < 4.78 is 38.0. The molecular formula is C25H27BrN5O5S2-. The Labute approximate surface area is 236 Å². The molecule has 2 saturated heterocycles. The lowest BCUT2D eigenvalue weighted by atomic mass is 10.1. The van der Waals surface area contributed by atoms with Crippen LogP contribution in [0, 0.1) is 0 Å². The number of halogens is 1. The van der Waals surface area contributed by atoms with Crippen LogP contribution in [0.1, 0.15) is 15.2 Å². The molecule has 0 unspecified atom stereocenters. The quantitative estimate of drug-likeness (QED) is 0.278. The van der Waals surface area contributed by atoms with Crippen molar-refractivity contribution in [2.45, 2.75) is 4.90 Å². The van der Waals surface area contributed by atoms with Gasteiger partial charge in [0, 0.05) is 37.3 Å². The average molecular weight is 622 g/mol. The van der Waals surface area contributed by atoms with Gasteiger partial charge in [-0.1, -0.05) is 47.7 Å². The third-order valence-corrected chi connectivity index (χ3v) is 8.97. The molecule has 1 N–H and O–H groups in total. The first-order valence-corrected chi connectivity index (χ1v) is 14.2. The fourth-order valence-electron chi connectivity index (χ4n) is 4.05. The number of aromatic nitrogens is 1. The van der Waals surface area contributed by atoms with Gasteiger partial charge in [0.15, 0.2) is 5.13 Å². The van der Waals surface area contributed by atoms with E-state index in [9.17, 15) is 13.2 Å². The van der Waals surface area contributed by atoms with Crippen LogP contribution in [0.25, 0.3) is 11.3 Å². The number of amides is 1. The molecule has 0 radical (unpaired) electrons. The smallest absolute Gasteiger partial charge is 0.271 e. The molecule has 0 bridgehead atoms. The van der Waals surface area contributed by atoms with Crippen LogP contribution in [-0.4, -0.2) is 82.4 Å². The second kappa shape index (κ2) is 12.9. The minimum atomic E-state index is -3.71. The van der Waals surface area contributed by atoms with E-state index in [-0.39, 0.29) is 40.5 Å². The summed E-state index contributed by atoms with van der Waals surface area (Å²) >= 11 is 1.49. The molecule has 2 aliphatic rings. The highest BCUT2D eigenvalue weighted by Crippen LogP contribution is 2.32. The Balaban J connectivity index is 0.00000336. The van der Waals surface area contributed by atoms with Gasteiger partial charge in [-0.25, -0.2) is 18.8 Å². The number of rotatable bonds is 7. The number of benzene rings is 2. The Hall–Kier alpha value is -2.68. The molecule has 5 rings (SSSR count). The maximum absolute atomic E-state index is 13.0. The van der Waals surface area contributed by atoms with Crippen molar-refractivity contribution in [3.63, 3.8) is 0 Å². The van der Waals surface area contributed by atoms with Crippen LogP contribution < -0.4 is 27.3 Å². The van der Waals surface area contributed by atoms with E-state index < -0.39 is 15.9 Å². The number of thiazole rings is 1. The van der Waals surface area contributed by atoms with E-state index in [0.717, 1.165) is 34.4 Å². The van der Waals surface area contributed by atoms with E-state index in [4.69, 9.17) is 14.5 Å². The molecule has 0 aliphatic carbocycles. The van der Waals surface area contributed by atoms with Crippen LogP contribution >= 0.6 is 11.3 Å². The second-order valence-corrected chi connectivity index (χ2v) is 11.4. The number of sulfonamides is 1. The van der Waals surface area contributed by atoms with Crippen LogP contribution in [0.3, 0.4) is 0 Å². The fourth-order valence-corrected chi connectivity index (χ4v) is 6.51. The summed E-state index contributed by atoms with van der Waals surface area (Å²) in [7, 11) is -3.71. The molecule has 2 aliphatic heterocycles. The number of hydrazone groups is 1. The maximum atomic E-state index is 13.0. The summed E-state index contributed by atoms with van der Waals surface area (Å²) in [5.74, 6) is -0.505. The van der Waals surface area contributed by atoms with Crippen molar-refractivity contribution < 1.29 is 39.7 Å². The molecule has 1 aromatic heterocycles. The Kier molecular flexibility index (Phi) is 9.63. The normalized spacial score (nSPS) is 16.8. The Morgan fingerprint density at radius 2 is 1.66 bits per heavy atom. The summed E-state index contributed by atoms with van der Waals surface area (Å²) in [6.45, 7) is 4.10. The third-order valence-electron chi connectivity index (χ3n) is 6.02. The van der Waals surface area contributed by atoms with Crippen LogP contribution in [-0.2, 0) is 19.5 Å². The zero-order chi connectivity index (χ0) is 25.7. The second-order valence-electron chi connectivity index (χ2n) is 8.42. The highest BCUT2D eigenvalue weighted by atomic mass is 79.9. The Morgan fingerprint density at radius 3 is 2.37 bits per heavy atom. The minimum Gasteiger partial charge on any atom is -1.00 e. The maximum Gasteiger partial charge on any atom is 0.271 e. The van der Waals surface area contributed by atoms with E-state index in [2.05, 4.69) is 15.4 Å². The monoisotopic (exact) mass is 620 g/mol. The van der Waals surface area contributed by atoms with Gasteiger partial charge >= 0.3 is 0 Å². The zero-order valence-corrected chi connectivity index (χ0v) is 23.7. The van der Waals surface area contributed by atoms with E-state index in [1.54, 1.807) is 18.3 Å². The lowest BCUT2D eigenvalue weighted by Crippen LogP contribution is -3.00. The summed E-state index contributed by atoms with van der Waals surface area (Å²) in [5.41, 5.74) is 4.45. The number of nitrogens with one attached hydrogen (secondary N) is 1. The standard InChI is InChI=1S/C25H27N5O5S2.BrH/c31-24(20-7-4-8-21(17-20)37(32,33)30-11-15-35-16-12-30)28-26-18-22-23(19-5-2-1-3-6-19)27-25(36-22)29-9-13-34-14-10-29;/h1-8,17-18H,9-16H2,(H,28,31);1H/p-1. The van der Waals surface area contributed by atoms with Gasteiger partial charge in [0.25, 0.3) is 5.91 Å².